The Kier molecular flexibility index (Phi) is 3.60. The van der Waals surface area contributed by atoms with E-state index in [-0.39, 0.29) is 18.2 Å². The van der Waals surface area contributed by atoms with Crippen LogP contribution in [0.5, 0.6) is 0 Å². The molecule has 0 amide bonds. The van der Waals surface area contributed by atoms with Crippen molar-refractivity contribution >= 4 is 17.3 Å². The first kappa shape index (κ1) is 11.1. The SMILES string of the molecule is Nc1c(C(F)F)ncc(CO)c1CCl. The van der Waals surface area contributed by atoms with Crippen LogP contribution in [0.1, 0.15) is 23.2 Å². The molecule has 1 aromatic heterocycles. The van der Waals surface area contributed by atoms with Gasteiger partial charge >= 0.3 is 0 Å². The van der Waals surface area contributed by atoms with Gasteiger partial charge < -0.3 is 10.8 Å². The maximum absolute atomic E-state index is 12.3. The average Bonchev–Trinajstić information content (AvgIpc) is 2.16. The molecule has 0 spiro atoms. The summed E-state index contributed by atoms with van der Waals surface area (Å²) < 4.78 is 24.7. The molecule has 6 heteroatoms. The molecular formula is C8H9ClF2N2O. The van der Waals surface area contributed by atoms with Gasteiger partial charge in [-0.1, -0.05) is 0 Å². The Balaban J connectivity index is 3.27. The Morgan fingerprint density at radius 3 is 2.64 bits per heavy atom. The Morgan fingerprint density at radius 2 is 2.21 bits per heavy atom. The summed E-state index contributed by atoms with van der Waals surface area (Å²) in [6.45, 7) is -0.317. The number of anilines is 1. The highest BCUT2D eigenvalue weighted by molar-refractivity contribution is 6.17. The van der Waals surface area contributed by atoms with E-state index >= 15 is 0 Å². The van der Waals surface area contributed by atoms with Crippen molar-refractivity contribution in [2.45, 2.75) is 18.9 Å². The summed E-state index contributed by atoms with van der Waals surface area (Å²) in [4.78, 5) is 3.46. The van der Waals surface area contributed by atoms with Crippen LogP contribution in [0.4, 0.5) is 14.5 Å². The predicted molar refractivity (Wildman–Crippen MR) is 49.1 cm³/mol. The van der Waals surface area contributed by atoms with Crippen LogP contribution in [0.25, 0.3) is 0 Å². The molecule has 0 saturated carbocycles. The first-order valence-corrected chi connectivity index (χ1v) is 4.36. The van der Waals surface area contributed by atoms with Crippen LogP contribution in [-0.4, -0.2) is 10.1 Å². The van der Waals surface area contributed by atoms with Gasteiger partial charge in [-0.2, -0.15) is 0 Å². The standard InChI is InChI=1S/C8H9ClF2N2O/c9-1-5-4(3-14)2-13-7(6(5)12)8(10)11/h2,8,14H,1,3,12H2. The van der Waals surface area contributed by atoms with E-state index in [0.29, 0.717) is 11.1 Å². The third kappa shape index (κ3) is 1.93. The predicted octanol–water partition coefficient (Wildman–Crippen LogP) is 1.83. The highest BCUT2D eigenvalue weighted by Crippen LogP contribution is 2.28. The molecule has 0 bridgehead atoms. The summed E-state index contributed by atoms with van der Waals surface area (Å²) >= 11 is 5.53. The van der Waals surface area contributed by atoms with Gasteiger partial charge in [0.05, 0.1) is 12.3 Å². The van der Waals surface area contributed by atoms with E-state index < -0.39 is 12.1 Å². The third-order valence-electron chi connectivity index (χ3n) is 1.86. The first-order valence-electron chi connectivity index (χ1n) is 3.82. The van der Waals surface area contributed by atoms with Gasteiger partial charge in [-0.15, -0.1) is 11.6 Å². The number of alkyl halides is 3. The second-order valence-electron chi connectivity index (χ2n) is 2.65. The second kappa shape index (κ2) is 4.52. The van der Waals surface area contributed by atoms with Gasteiger partial charge in [0.15, 0.2) is 0 Å². The maximum atomic E-state index is 12.3. The van der Waals surface area contributed by atoms with Crippen LogP contribution in [-0.2, 0) is 12.5 Å². The van der Waals surface area contributed by atoms with Gasteiger partial charge in [-0.05, 0) is 5.56 Å². The maximum Gasteiger partial charge on any atom is 0.282 e. The van der Waals surface area contributed by atoms with Crippen LogP contribution in [0.3, 0.4) is 0 Å². The molecule has 0 fully saturated rings. The Hall–Kier alpha value is -0.940. The highest BCUT2D eigenvalue weighted by atomic mass is 35.5. The molecule has 0 atom stereocenters. The van der Waals surface area contributed by atoms with Crippen molar-refractivity contribution in [2.24, 2.45) is 0 Å². The molecule has 1 aromatic rings. The van der Waals surface area contributed by atoms with E-state index in [2.05, 4.69) is 4.98 Å². The minimum atomic E-state index is -2.73. The number of hydrogen-bond acceptors (Lipinski definition) is 3. The largest absolute Gasteiger partial charge is 0.397 e. The number of halogens is 3. The zero-order valence-corrected chi connectivity index (χ0v) is 7.93. The van der Waals surface area contributed by atoms with Crippen molar-refractivity contribution in [3.63, 3.8) is 0 Å². The lowest BCUT2D eigenvalue weighted by molar-refractivity contribution is 0.147. The molecule has 0 saturated heterocycles. The van der Waals surface area contributed by atoms with Crippen molar-refractivity contribution in [1.82, 2.24) is 4.98 Å². The number of pyridine rings is 1. The molecule has 0 radical (unpaired) electrons. The summed E-state index contributed by atoms with van der Waals surface area (Å²) in [5.74, 6) is -0.0238. The molecule has 14 heavy (non-hydrogen) atoms. The molecule has 3 nitrogen and oxygen atoms in total. The molecule has 0 aromatic carbocycles. The quantitative estimate of drug-likeness (QED) is 0.768. The molecule has 0 unspecified atom stereocenters. The zero-order chi connectivity index (χ0) is 10.7. The van der Waals surface area contributed by atoms with Crippen LogP contribution >= 0.6 is 11.6 Å². The van der Waals surface area contributed by atoms with Crippen molar-refractivity contribution in [3.05, 3.63) is 23.0 Å². The van der Waals surface area contributed by atoms with Gasteiger partial charge in [-0.3, -0.25) is 4.98 Å². The molecule has 0 aliphatic rings. The van der Waals surface area contributed by atoms with E-state index in [1.165, 1.54) is 0 Å². The number of nitrogens with two attached hydrogens (primary N) is 1. The van der Waals surface area contributed by atoms with Gasteiger partial charge in [0.2, 0.25) is 0 Å². The van der Waals surface area contributed by atoms with Crippen LogP contribution < -0.4 is 5.73 Å². The van der Waals surface area contributed by atoms with Gasteiger partial charge in [0.25, 0.3) is 6.43 Å². The first-order chi connectivity index (χ1) is 6.61. The molecule has 1 rings (SSSR count). The Morgan fingerprint density at radius 1 is 1.57 bits per heavy atom. The number of aliphatic hydroxyl groups is 1. The lowest BCUT2D eigenvalue weighted by atomic mass is 10.1. The molecule has 1 heterocycles. The highest BCUT2D eigenvalue weighted by Gasteiger charge is 2.17. The smallest absolute Gasteiger partial charge is 0.282 e. The summed E-state index contributed by atoms with van der Waals surface area (Å²) in [5, 5.41) is 8.86. The minimum absolute atomic E-state index is 0.0238. The van der Waals surface area contributed by atoms with E-state index in [9.17, 15) is 8.78 Å². The fourth-order valence-corrected chi connectivity index (χ4v) is 1.41. The van der Waals surface area contributed by atoms with Gasteiger partial charge in [-0.25, -0.2) is 8.78 Å². The Bertz CT molecular complexity index is 333. The van der Waals surface area contributed by atoms with Crippen molar-refractivity contribution < 1.29 is 13.9 Å². The average molecular weight is 223 g/mol. The fraction of sp³-hybridized carbons (Fsp3) is 0.375. The number of aromatic nitrogens is 1. The topological polar surface area (TPSA) is 59.1 Å². The van der Waals surface area contributed by atoms with Crippen molar-refractivity contribution in [1.29, 1.82) is 0 Å². The fourth-order valence-electron chi connectivity index (χ4n) is 1.09. The zero-order valence-electron chi connectivity index (χ0n) is 7.17. The number of aliphatic hydroxyl groups excluding tert-OH is 1. The van der Waals surface area contributed by atoms with Gasteiger partial charge in [0, 0.05) is 17.6 Å². The Labute approximate surface area is 84.5 Å². The lowest BCUT2D eigenvalue weighted by Gasteiger charge is -2.11. The van der Waals surface area contributed by atoms with Crippen LogP contribution in [0.2, 0.25) is 0 Å². The number of nitrogens with zero attached hydrogens (tertiary/aromatic N) is 1. The van der Waals surface area contributed by atoms with E-state index in [1.54, 1.807) is 0 Å². The summed E-state index contributed by atoms with van der Waals surface area (Å²) in [6, 6.07) is 0. The molecule has 3 N–H and O–H groups in total. The molecule has 0 aliphatic carbocycles. The monoisotopic (exact) mass is 222 g/mol. The molecular weight excluding hydrogens is 214 g/mol. The summed E-state index contributed by atoms with van der Waals surface area (Å²) in [6.07, 6.45) is -1.57. The van der Waals surface area contributed by atoms with E-state index in [4.69, 9.17) is 22.4 Å². The normalized spacial score (nSPS) is 10.9. The van der Waals surface area contributed by atoms with Gasteiger partial charge in [0.1, 0.15) is 5.69 Å². The number of hydrogen-bond donors (Lipinski definition) is 2. The third-order valence-corrected chi connectivity index (χ3v) is 2.13. The summed E-state index contributed by atoms with van der Waals surface area (Å²) in [7, 11) is 0. The van der Waals surface area contributed by atoms with E-state index in [1.807, 2.05) is 0 Å². The van der Waals surface area contributed by atoms with Crippen molar-refractivity contribution in [3.8, 4) is 0 Å². The van der Waals surface area contributed by atoms with E-state index in [0.717, 1.165) is 6.20 Å². The van der Waals surface area contributed by atoms with Crippen molar-refractivity contribution in [2.75, 3.05) is 5.73 Å². The van der Waals surface area contributed by atoms with Crippen LogP contribution in [0, 0.1) is 0 Å². The number of nitrogen functional groups attached to an aromatic ring is 1. The summed E-state index contributed by atoms with van der Waals surface area (Å²) in [5.41, 5.74) is 5.50. The second-order valence-corrected chi connectivity index (χ2v) is 2.92. The molecule has 78 valence electrons. The number of rotatable bonds is 3. The minimum Gasteiger partial charge on any atom is -0.397 e. The molecule has 0 aliphatic heterocycles. The van der Waals surface area contributed by atoms with Crippen LogP contribution in [0.15, 0.2) is 6.20 Å². The lowest BCUT2D eigenvalue weighted by Crippen LogP contribution is -2.06.